The highest BCUT2D eigenvalue weighted by Crippen LogP contribution is 2.35. The van der Waals surface area contributed by atoms with Crippen LogP contribution in [0.15, 0.2) is 72.8 Å². The summed E-state index contributed by atoms with van der Waals surface area (Å²) in [5.41, 5.74) is 1.70. The highest BCUT2D eigenvalue weighted by molar-refractivity contribution is 8.41. The molecular formula is C51H68B76F4O12. The van der Waals surface area contributed by atoms with Gasteiger partial charge in [-0.25, -0.2) is 17.6 Å². The van der Waals surface area contributed by atoms with Gasteiger partial charge in [0.1, 0.15) is 46.3 Å². The summed E-state index contributed by atoms with van der Waals surface area (Å²) in [5.74, 6) is -2.60. The molecule has 0 saturated carbocycles. The Bertz CT molecular complexity index is 3910. The van der Waals surface area contributed by atoms with Gasteiger partial charge in [0.05, 0.1) is 68.3 Å². The van der Waals surface area contributed by atoms with Crippen molar-refractivity contribution in [3.05, 3.63) is 118 Å². The Morgan fingerprint density at radius 3 is 0.531 bits per heavy atom. The van der Waals surface area contributed by atoms with Crippen molar-refractivity contribution in [1.82, 2.24) is 0 Å². The van der Waals surface area contributed by atoms with E-state index in [-0.39, 0.29) is 104 Å². The van der Waals surface area contributed by atoms with Gasteiger partial charge in [0.15, 0.2) is 0 Å². The lowest BCUT2D eigenvalue weighted by molar-refractivity contribution is -0.142. The molecule has 0 aromatic heterocycles. The summed E-state index contributed by atoms with van der Waals surface area (Å²) in [5, 5.41) is 18.6. The molecule has 0 spiro atoms. The van der Waals surface area contributed by atoms with E-state index in [4.69, 9.17) is 311 Å². The lowest BCUT2D eigenvalue weighted by atomic mass is 8.20. The number of methoxy groups -OCH3 is 6. The summed E-state index contributed by atoms with van der Waals surface area (Å²) in [6.45, 7) is 7.53. The topological polar surface area (TPSA) is 164 Å². The van der Waals surface area contributed by atoms with Gasteiger partial charge in [0.2, 0.25) is 0 Å². The highest BCUT2D eigenvalue weighted by Gasteiger charge is 2.66. The SMILES string of the molecule is C.CC[C@@H](CC(=O)OC)c1cc(O)ccc1F.CC[C@@H](CC(=O)OC)c1cc(OC)ccc1F.CC[C@H](CC(=O)OC)c1cc(O)ccc1F.CC[C@H](CC(=O)OC)c1cc(OC)ccc1F.[B]B([B])B([B])B(B(B([B])[B])B([B])[B])B(B(B(B([B])[B])B([B])[B])B(B([B])[B])B([B])[B])B(B(B(B([B])[B])B([B])[B])B(B([B])[B])B([B])[B])B(B(B(B([B])[B])B([B])[B])B(B([B])[B])B([B])[B])B(B(B([B])[B])B([B])[B])B(B([B])[B])B([B])[B]. The maximum absolute atomic E-state index is 13.7. The van der Waals surface area contributed by atoms with Crippen LogP contribution in [0, 0.1) is 23.3 Å². The number of hydrogen-bond donors (Lipinski definition) is 2. The third kappa shape index (κ3) is 44.4. The first-order valence-corrected chi connectivity index (χ1v) is 46.3. The molecule has 600 valence electrons. The molecule has 2 N–H and O–H groups in total. The van der Waals surface area contributed by atoms with Crippen molar-refractivity contribution >= 4 is 562 Å². The van der Waals surface area contributed by atoms with E-state index in [1.54, 1.807) is 24.3 Å². The van der Waals surface area contributed by atoms with Gasteiger partial charge < -0.3 is 38.6 Å². The number of benzene rings is 4. The fraction of sp³-hybridized carbons (Fsp3) is 0.451. The van der Waals surface area contributed by atoms with Gasteiger partial charge in [-0.1, -0.05) is 35.1 Å². The predicted octanol–water partition coefficient (Wildman–Crippen LogP) is -17.3. The fourth-order valence-electron chi connectivity index (χ4n) is 20.0. The number of carbonyl (C=O) groups excluding carboxylic acids is 4. The zero-order valence-electron chi connectivity index (χ0n) is 83.3. The van der Waals surface area contributed by atoms with Gasteiger partial charge in [-0.05, 0) is 144 Å². The number of carbonyl (C=O) groups is 4. The smallest absolute Gasteiger partial charge is 0.306 e. The van der Waals surface area contributed by atoms with E-state index in [9.17, 15) is 47.0 Å². The first kappa shape index (κ1) is 144. The number of esters is 4. The number of halogens is 4. The van der Waals surface area contributed by atoms with E-state index in [0.29, 0.717) is 59.4 Å². The monoisotopic (exact) mass is 1790 g/mol. The van der Waals surface area contributed by atoms with Crippen LogP contribution in [0.25, 0.3) is 0 Å². The standard InChI is InChI=1S/2C13H17FO3.2C12H15FO3.CH4.B76/c2*1-4-9(7-13(15)17-3)11-8-10(16-2)5-6-12(11)14;2*1-3-8(6-12(15)16-2)10-7-9(14)4-5-11(10)13;;1-40(2)59(39)69(60(41(3)4)42(5)6)74(70(61(43(7)8)44(9)10)62(45(11)12)46(13)14)76(73(67(55(31)32)56(33)34)68(57(35)36)58(37)38)75(71(63(47(15)16)48(17)18)64(49(19)20)50(21)22)72(65(51(23)24)52(25)26)66(53(27)28)54(29)30/h2*5-6,8-9H,4,7H2,1-3H3;2*4-5,7-8,14H,3,6H2,1-2H3;1H4;/t2*9-;2*8-;;/m1010../s1. The molecule has 12 nitrogen and oxygen atoms in total. The average Bonchev–Trinajstić information content (AvgIpc) is 0.714. The van der Waals surface area contributed by atoms with Gasteiger partial charge in [-0.2, -0.15) is 0 Å². The number of hydrogen-bond acceptors (Lipinski definition) is 12. The van der Waals surface area contributed by atoms with E-state index in [1.807, 2.05) is 27.7 Å². The number of aromatic hydroxyl groups is 2. The maximum Gasteiger partial charge on any atom is 0.306 e. The highest BCUT2D eigenvalue weighted by atomic mass is 19.1. The summed E-state index contributed by atoms with van der Waals surface area (Å²) in [7, 11) is 274. The van der Waals surface area contributed by atoms with Crippen molar-refractivity contribution in [1.29, 1.82) is 0 Å². The van der Waals surface area contributed by atoms with E-state index < -0.39 is 248 Å². The van der Waals surface area contributed by atoms with Crippen molar-refractivity contribution in [2.45, 2.75) is 110 Å². The normalized spacial score (nSPS) is 10.8. The molecule has 4 aromatic rings. The fourth-order valence-corrected chi connectivity index (χ4v) is 20.0. The molecular weight excluding hydrogens is 1700 g/mol. The molecule has 78 radical (unpaired) electrons. The van der Waals surface area contributed by atoms with Crippen molar-refractivity contribution < 1.29 is 75.4 Å². The second kappa shape index (κ2) is 71.6. The van der Waals surface area contributed by atoms with Crippen LogP contribution in [0.5, 0.6) is 23.0 Å². The third-order valence-electron chi connectivity index (χ3n) is 26.7. The molecule has 4 aromatic carbocycles. The molecule has 4 atom stereocenters. The molecule has 0 heterocycles. The second-order valence-corrected chi connectivity index (χ2v) is 36.1. The summed E-state index contributed by atoms with van der Waals surface area (Å²) >= 11 is 0. The zero-order chi connectivity index (χ0) is 110. The third-order valence-corrected chi connectivity index (χ3v) is 26.7. The average molecular weight is 1770 g/mol. The van der Waals surface area contributed by atoms with Crippen LogP contribution in [0.2, 0.25) is 0 Å². The summed E-state index contributed by atoms with van der Waals surface area (Å²) in [6, 6.07) is 16.8. The molecule has 0 aliphatic heterocycles. The molecule has 0 aliphatic carbocycles. The van der Waals surface area contributed by atoms with Gasteiger partial charge in [-0.15, -0.1) is 0 Å². The van der Waals surface area contributed by atoms with E-state index in [2.05, 4.69) is 18.9 Å². The lowest BCUT2D eigenvalue weighted by Gasteiger charge is -2.61. The molecule has 0 saturated heterocycles. The van der Waals surface area contributed by atoms with E-state index in [0.717, 1.165) is 0 Å². The first-order chi connectivity index (χ1) is 65.9. The van der Waals surface area contributed by atoms with Crippen LogP contribution in [-0.2, 0) is 38.1 Å². The first-order valence-electron chi connectivity index (χ1n) is 46.3. The molecule has 0 amide bonds. The second-order valence-electron chi connectivity index (χ2n) is 36.1. The van der Waals surface area contributed by atoms with E-state index >= 15 is 0 Å². The van der Waals surface area contributed by atoms with Crippen LogP contribution in [0.3, 0.4) is 0 Å². The van der Waals surface area contributed by atoms with Gasteiger partial charge in [-0.3, -0.25) is 19.2 Å². The Morgan fingerprint density at radius 2 is 0.385 bits per heavy atom. The minimum Gasteiger partial charge on any atom is -0.508 e. The molecule has 0 aliphatic rings. The zero-order valence-corrected chi connectivity index (χ0v) is 83.3. The van der Waals surface area contributed by atoms with Crippen LogP contribution < -0.4 is 9.47 Å². The van der Waals surface area contributed by atoms with Crippen LogP contribution in [0.1, 0.15) is 132 Å². The molecule has 143 heavy (non-hydrogen) atoms. The Labute approximate surface area is 923 Å². The quantitative estimate of drug-likeness (QED) is 0.0186. The summed E-state index contributed by atoms with van der Waals surface area (Å²) < 4.78 is 82.8. The predicted molar refractivity (Wildman–Crippen MR) is 685 cm³/mol. The molecule has 92 heteroatoms. The Balaban J connectivity index is 0. The largest absolute Gasteiger partial charge is 0.508 e. The van der Waals surface area contributed by atoms with Gasteiger partial charge >= 0.3 is 23.9 Å². The summed E-state index contributed by atoms with van der Waals surface area (Å²) in [4.78, 5) is 44.8. The Morgan fingerprint density at radius 1 is 0.238 bits per heavy atom. The maximum atomic E-state index is 13.7. The molecule has 0 fully saturated rings. The number of ether oxygens (including phenoxy) is 6. The number of rotatable bonds is 54. The minimum atomic E-state index is -1.85. The lowest BCUT2D eigenvalue weighted by Crippen LogP contribution is -2.99. The van der Waals surface area contributed by atoms with Crippen LogP contribution >= 0.6 is 0 Å². The Kier molecular flexibility index (Phi) is 72.0. The molecule has 4 rings (SSSR count). The van der Waals surface area contributed by atoms with Crippen LogP contribution in [-0.4, -0.2) is 615 Å². The number of phenols is 2. The van der Waals surface area contributed by atoms with E-state index in [1.165, 1.54) is 91.2 Å². The molecule has 0 bridgehead atoms. The van der Waals surface area contributed by atoms with Gasteiger partial charge in [0, 0.05) is 538 Å². The Hall–Kier alpha value is -1.38. The minimum absolute atomic E-state index is 0. The van der Waals surface area contributed by atoms with Crippen molar-refractivity contribution in [2.75, 3.05) is 42.7 Å². The van der Waals surface area contributed by atoms with Crippen molar-refractivity contribution in [2.24, 2.45) is 0 Å². The number of phenolic OH excluding ortho intramolecular Hbond substituents is 2. The summed E-state index contributed by atoms with van der Waals surface area (Å²) in [6.07, 6.45) is -57.3. The van der Waals surface area contributed by atoms with Crippen molar-refractivity contribution in [3.8, 4) is 23.0 Å². The molecule has 0 unspecified atom stereocenters. The van der Waals surface area contributed by atoms with Crippen LogP contribution in [0.4, 0.5) is 17.6 Å². The van der Waals surface area contributed by atoms with Gasteiger partial charge in [0.25, 0.3) is 0 Å². The van der Waals surface area contributed by atoms with Crippen molar-refractivity contribution in [3.63, 3.8) is 0 Å².